The van der Waals surface area contributed by atoms with Crippen molar-refractivity contribution in [1.29, 1.82) is 0 Å². The summed E-state index contributed by atoms with van der Waals surface area (Å²) in [5.74, 6) is 1.74. The summed E-state index contributed by atoms with van der Waals surface area (Å²) < 4.78 is 5.42. The zero-order chi connectivity index (χ0) is 13.9. The van der Waals surface area contributed by atoms with E-state index >= 15 is 0 Å². The van der Waals surface area contributed by atoms with Crippen LogP contribution in [0, 0.1) is 6.92 Å². The second-order valence-corrected chi connectivity index (χ2v) is 4.68. The summed E-state index contributed by atoms with van der Waals surface area (Å²) in [7, 11) is 0. The molecular weight excluding hydrogens is 260 g/mol. The molecule has 0 unspecified atom stereocenters. The average Bonchev–Trinajstić information content (AvgIpc) is 3.09. The Hall–Kier alpha value is -2.22. The zero-order valence-electron chi connectivity index (χ0n) is 11.2. The average molecular weight is 276 g/mol. The number of aromatic nitrogens is 4. The summed E-state index contributed by atoms with van der Waals surface area (Å²) in [5.41, 5.74) is 0. The molecule has 1 N–H and O–H groups in total. The predicted octanol–water partition coefficient (Wildman–Crippen LogP) is -0.327. The van der Waals surface area contributed by atoms with Crippen molar-refractivity contribution in [3.8, 4) is 11.6 Å². The second kappa shape index (κ2) is 5.41. The Morgan fingerprint density at radius 1 is 1.40 bits per heavy atom. The molecule has 0 aromatic carbocycles. The largest absolute Gasteiger partial charge is 0.458 e. The number of tetrazole rings is 1. The van der Waals surface area contributed by atoms with Crippen LogP contribution in [0.3, 0.4) is 0 Å². The van der Waals surface area contributed by atoms with Crippen molar-refractivity contribution in [1.82, 2.24) is 30.4 Å². The van der Waals surface area contributed by atoms with Crippen molar-refractivity contribution in [3.05, 3.63) is 17.9 Å². The first-order chi connectivity index (χ1) is 9.72. The van der Waals surface area contributed by atoms with Crippen molar-refractivity contribution in [2.45, 2.75) is 13.5 Å². The van der Waals surface area contributed by atoms with E-state index in [1.165, 1.54) is 4.80 Å². The highest BCUT2D eigenvalue weighted by Crippen LogP contribution is 2.16. The molecular formula is C12H16N6O2. The minimum absolute atomic E-state index is 0.00563. The third kappa shape index (κ3) is 2.69. The van der Waals surface area contributed by atoms with E-state index in [1.807, 2.05) is 13.0 Å². The molecule has 1 saturated heterocycles. The van der Waals surface area contributed by atoms with Crippen LogP contribution < -0.4 is 5.32 Å². The molecule has 1 aliphatic rings. The van der Waals surface area contributed by atoms with Crippen LogP contribution in [0.2, 0.25) is 0 Å². The van der Waals surface area contributed by atoms with Gasteiger partial charge in [-0.2, -0.15) is 4.80 Å². The number of rotatable bonds is 3. The van der Waals surface area contributed by atoms with Gasteiger partial charge in [0.2, 0.25) is 11.7 Å². The molecule has 106 valence electrons. The minimum Gasteiger partial charge on any atom is -0.458 e. The van der Waals surface area contributed by atoms with Crippen LogP contribution in [0.15, 0.2) is 16.5 Å². The van der Waals surface area contributed by atoms with Crippen molar-refractivity contribution in [2.24, 2.45) is 0 Å². The molecule has 2 aromatic rings. The zero-order valence-corrected chi connectivity index (χ0v) is 11.2. The predicted molar refractivity (Wildman–Crippen MR) is 69.7 cm³/mol. The first kappa shape index (κ1) is 12.8. The van der Waals surface area contributed by atoms with Crippen LogP contribution in [0.25, 0.3) is 11.6 Å². The quantitative estimate of drug-likeness (QED) is 0.826. The molecule has 0 spiro atoms. The molecule has 3 rings (SSSR count). The third-order valence-electron chi connectivity index (χ3n) is 3.16. The monoisotopic (exact) mass is 276 g/mol. The highest BCUT2D eigenvalue weighted by molar-refractivity contribution is 5.75. The molecule has 1 fully saturated rings. The van der Waals surface area contributed by atoms with Gasteiger partial charge in [-0.15, -0.1) is 10.2 Å². The van der Waals surface area contributed by atoms with E-state index < -0.39 is 0 Å². The van der Waals surface area contributed by atoms with Crippen LogP contribution in [-0.4, -0.2) is 57.2 Å². The summed E-state index contributed by atoms with van der Waals surface area (Å²) in [6.07, 6.45) is 0. The number of hydrogen-bond donors (Lipinski definition) is 1. The molecule has 8 nitrogen and oxygen atoms in total. The van der Waals surface area contributed by atoms with Gasteiger partial charge >= 0.3 is 0 Å². The maximum atomic E-state index is 12.1. The Kier molecular flexibility index (Phi) is 3.46. The van der Waals surface area contributed by atoms with Crippen LogP contribution >= 0.6 is 0 Å². The van der Waals surface area contributed by atoms with Crippen molar-refractivity contribution in [3.63, 3.8) is 0 Å². The molecule has 8 heteroatoms. The van der Waals surface area contributed by atoms with Gasteiger partial charge in [-0.1, -0.05) is 0 Å². The fourth-order valence-corrected chi connectivity index (χ4v) is 2.10. The molecule has 0 bridgehead atoms. The van der Waals surface area contributed by atoms with E-state index in [0.29, 0.717) is 11.6 Å². The summed E-state index contributed by atoms with van der Waals surface area (Å²) in [6, 6.07) is 3.62. The maximum Gasteiger partial charge on any atom is 0.246 e. The van der Waals surface area contributed by atoms with Crippen LogP contribution in [0.5, 0.6) is 0 Å². The molecule has 20 heavy (non-hydrogen) atoms. The smallest absolute Gasteiger partial charge is 0.246 e. The van der Waals surface area contributed by atoms with E-state index in [1.54, 1.807) is 11.0 Å². The van der Waals surface area contributed by atoms with Crippen molar-refractivity contribution >= 4 is 5.91 Å². The Bertz CT molecular complexity index is 599. The molecule has 0 saturated carbocycles. The molecule has 0 atom stereocenters. The first-order valence-electron chi connectivity index (χ1n) is 6.55. The molecule has 1 aliphatic heterocycles. The molecule has 0 aliphatic carbocycles. The lowest BCUT2D eigenvalue weighted by Crippen LogP contribution is -2.47. The normalized spacial score (nSPS) is 15.6. The highest BCUT2D eigenvalue weighted by atomic mass is 16.3. The van der Waals surface area contributed by atoms with E-state index in [2.05, 4.69) is 20.7 Å². The Morgan fingerprint density at radius 3 is 2.90 bits per heavy atom. The summed E-state index contributed by atoms with van der Waals surface area (Å²) in [4.78, 5) is 15.2. The number of hydrogen-bond acceptors (Lipinski definition) is 6. The maximum absolute atomic E-state index is 12.1. The standard InChI is InChI=1S/C12H16N6O2/c1-9-2-3-10(20-9)12-14-16-18(15-12)8-11(19)17-6-4-13-5-7-17/h2-3,13H,4-8H2,1H3. The van der Waals surface area contributed by atoms with E-state index in [9.17, 15) is 4.79 Å². The van der Waals surface area contributed by atoms with Gasteiger partial charge < -0.3 is 14.6 Å². The van der Waals surface area contributed by atoms with Gasteiger partial charge in [-0.05, 0) is 24.3 Å². The minimum atomic E-state index is 0.00563. The number of piperazine rings is 1. The summed E-state index contributed by atoms with van der Waals surface area (Å²) in [5, 5.41) is 15.2. The van der Waals surface area contributed by atoms with Crippen LogP contribution in [0.4, 0.5) is 0 Å². The number of carbonyl (C=O) groups is 1. The summed E-state index contributed by atoms with van der Waals surface area (Å²) in [6.45, 7) is 5.05. The Morgan fingerprint density at radius 2 is 2.20 bits per heavy atom. The fourth-order valence-electron chi connectivity index (χ4n) is 2.10. The van der Waals surface area contributed by atoms with Crippen molar-refractivity contribution < 1.29 is 9.21 Å². The number of amides is 1. The van der Waals surface area contributed by atoms with Gasteiger partial charge in [0.05, 0.1) is 0 Å². The lowest BCUT2D eigenvalue weighted by Gasteiger charge is -2.27. The SMILES string of the molecule is Cc1ccc(-c2nnn(CC(=O)N3CCNCC3)n2)o1. The van der Waals surface area contributed by atoms with Crippen LogP contribution in [0.1, 0.15) is 5.76 Å². The van der Waals surface area contributed by atoms with Gasteiger partial charge in [0.25, 0.3) is 0 Å². The summed E-state index contributed by atoms with van der Waals surface area (Å²) >= 11 is 0. The highest BCUT2D eigenvalue weighted by Gasteiger charge is 2.18. The molecule has 2 aromatic heterocycles. The lowest BCUT2D eigenvalue weighted by atomic mass is 10.3. The topological polar surface area (TPSA) is 89.1 Å². The second-order valence-electron chi connectivity index (χ2n) is 4.68. The number of aryl methyl sites for hydroxylation is 1. The van der Waals surface area contributed by atoms with Gasteiger partial charge in [0.1, 0.15) is 12.3 Å². The van der Waals surface area contributed by atoms with E-state index in [4.69, 9.17) is 4.42 Å². The Labute approximate surface area is 115 Å². The number of nitrogens with zero attached hydrogens (tertiary/aromatic N) is 5. The van der Waals surface area contributed by atoms with E-state index in [-0.39, 0.29) is 12.5 Å². The van der Waals surface area contributed by atoms with Crippen LogP contribution in [-0.2, 0) is 11.3 Å². The van der Waals surface area contributed by atoms with Gasteiger partial charge in [0.15, 0.2) is 5.76 Å². The molecule has 3 heterocycles. The van der Waals surface area contributed by atoms with Gasteiger partial charge in [0, 0.05) is 26.2 Å². The van der Waals surface area contributed by atoms with E-state index in [0.717, 1.165) is 31.9 Å². The number of carbonyl (C=O) groups excluding carboxylic acids is 1. The number of nitrogens with one attached hydrogen (secondary N) is 1. The lowest BCUT2D eigenvalue weighted by molar-refractivity contribution is -0.132. The number of furan rings is 1. The van der Waals surface area contributed by atoms with Gasteiger partial charge in [-0.3, -0.25) is 4.79 Å². The molecule has 0 radical (unpaired) electrons. The third-order valence-corrected chi connectivity index (χ3v) is 3.16. The van der Waals surface area contributed by atoms with Crippen molar-refractivity contribution in [2.75, 3.05) is 26.2 Å². The molecule has 1 amide bonds. The first-order valence-corrected chi connectivity index (χ1v) is 6.55. The Balaban J connectivity index is 1.66. The van der Waals surface area contributed by atoms with Gasteiger partial charge in [-0.25, -0.2) is 0 Å². The fraction of sp³-hybridized carbons (Fsp3) is 0.500.